The number of amides is 1. The molecule has 0 bridgehead atoms. The molecule has 1 aromatic rings. The van der Waals surface area contributed by atoms with Gasteiger partial charge in [-0.2, -0.15) is 5.26 Å². The van der Waals surface area contributed by atoms with Crippen LogP contribution in [-0.4, -0.2) is 28.4 Å². The van der Waals surface area contributed by atoms with Crippen molar-refractivity contribution >= 4 is 17.5 Å². The molecule has 1 amide bonds. The van der Waals surface area contributed by atoms with E-state index in [1.54, 1.807) is 11.0 Å². The van der Waals surface area contributed by atoms with Crippen molar-refractivity contribution < 1.29 is 4.79 Å². The summed E-state index contributed by atoms with van der Waals surface area (Å²) in [5.74, 6) is -0.200. The molecule has 1 unspecified atom stereocenters. The second kappa shape index (κ2) is 5.15. The number of pyridine rings is 1. The van der Waals surface area contributed by atoms with Crippen LogP contribution >= 0.6 is 11.6 Å². The van der Waals surface area contributed by atoms with Crippen LogP contribution < -0.4 is 0 Å². The Kier molecular flexibility index (Phi) is 3.60. The number of hydrogen-bond acceptors (Lipinski definition) is 3. The molecule has 1 atom stereocenters. The van der Waals surface area contributed by atoms with Gasteiger partial charge in [-0.1, -0.05) is 11.6 Å². The average molecular weight is 250 g/mol. The lowest BCUT2D eigenvalue weighted by atomic mass is 10.0. The topological polar surface area (TPSA) is 57.0 Å². The summed E-state index contributed by atoms with van der Waals surface area (Å²) in [6.45, 7) is 0.613. The molecule has 88 valence electrons. The van der Waals surface area contributed by atoms with Gasteiger partial charge in [0.15, 0.2) is 0 Å². The summed E-state index contributed by atoms with van der Waals surface area (Å²) in [6.07, 6.45) is 5.65. The van der Waals surface area contributed by atoms with Crippen LogP contribution in [0.25, 0.3) is 0 Å². The molecule has 0 radical (unpaired) electrons. The summed E-state index contributed by atoms with van der Waals surface area (Å²) in [6, 6.07) is 3.41. The number of likely N-dealkylation sites (tertiary alicyclic amines) is 1. The van der Waals surface area contributed by atoms with Gasteiger partial charge < -0.3 is 4.90 Å². The van der Waals surface area contributed by atoms with Crippen LogP contribution in [0.15, 0.2) is 18.5 Å². The molecule has 4 nitrogen and oxygen atoms in total. The first-order valence-corrected chi connectivity index (χ1v) is 5.92. The maximum absolute atomic E-state index is 12.2. The lowest BCUT2D eigenvalue weighted by Gasteiger charge is -2.31. The van der Waals surface area contributed by atoms with Crippen molar-refractivity contribution in [3.8, 4) is 6.07 Å². The molecule has 0 N–H and O–H groups in total. The van der Waals surface area contributed by atoms with Crippen LogP contribution in [0.2, 0.25) is 5.02 Å². The molecule has 0 spiro atoms. The van der Waals surface area contributed by atoms with E-state index in [0.29, 0.717) is 17.1 Å². The van der Waals surface area contributed by atoms with Crippen molar-refractivity contribution in [1.82, 2.24) is 9.88 Å². The highest BCUT2D eigenvalue weighted by atomic mass is 35.5. The van der Waals surface area contributed by atoms with Gasteiger partial charge in [-0.3, -0.25) is 9.78 Å². The highest BCUT2D eigenvalue weighted by Crippen LogP contribution is 2.22. The fraction of sp³-hybridized carbons (Fsp3) is 0.417. The van der Waals surface area contributed by atoms with Crippen molar-refractivity contribution in [1.29, 1.82) is 5.26 Å². The predicted molar refractivity (Wildman–Crippen MR) is 63.5 cm³/mol. The van der Waals surface area contributed by atoms with Crippen molar-refractivity contribution in [2.75, 3.05) is 6.54 Å². The number of piperidine rings is 1. The first-order chi connectivity index (χ1) is 8.24. The Morgan fingerprint density at radius 1 is 1.59 bits per heavy atom. The summed E-state index contributed by atoms with van der Waals surface area (Å²) >= 11 is 5.96. The molecular formula is C12H12ClN3O. The van der Waals surface area contributed by atoms with E-state index in [-0.39, 0.29) is 11.9 Å². The van der Waals surface area contributed by atoms with E-state index in [4.69, 9.17) is 16.9 Å². The van der Waals surface area contributed by atoms with Crippen LogP contribution in [0, 0.1) is 11.3 Å². The predicted octanol–water partition coefficient (Wildman–Crippen LogP) is 2.25. The van der Waals surface area contributed by atoms with E-state index >= 15 is 0 Å². The summed E-state index contributed by atoms with van der Waals surface area (Å²) < 4.78 is 0. The quantitative estimate of drug-likeness (QED) is 0.767. The molecule has 2 rings (SSSR count). The second-order valence-corrected chi connectivity index (χ2v) is 4.40. The third kappa shape index (κ3) is 2.40. The third-order valence-electron chi connectivity index (χ3n) is 2.91. The van der Waals surface area contributed by atoms with Crippen LogP contribution in [0.5, 0.6) is 0 Å². The molecular weight excluding hydrogens is 238 g/mol. The van der Waals surface area contributed by atoms with Crippen molar-refractivity contribution in [2.24, 2.45) is 0 Å². The minimum absolute atomic E-state index is 0.200. The Morgan fingerprint density at radius 2 is 2.41 bits per heavy atom. The lowest BCUT2D eigenvalue weighted by Crippen LogP contribution is -2.43. The Labute approximate surface area is 105 Å². The minimum Gasteiger partial charge on any atom is -0.323 e. The van der Waals surface area contributed by atoms with Crippen LogP contribution in [0.1, 0.15) is 29.6 Å². The van der Waals surface area contributed by atoms with Gasteiger partial charge in [-0.25, -0.2) is 0 Å². The van der Waals surface area contributed by atoms with Gasteiger partial charge in [-0.15, -0.1) is 0 Å². The summed E-state index contributed by atoms with van der Waals surface area (Å²) in [5, 5.41) is 9.42. The molecule has 1 aliphatic rings. The number of aromatic nitrogens is 1. The standard InChI is InChI=1S/C12H12ClN3O/c13-11-4-5-15-8-10(11)12(17)16-6-2-1-3-9(16)7-14/h4-5,8-9H,1-3,6H2. The number of carbonyl (C=O) groups excluding carboxylic acids is 1. The highest BCUT2D eigenvalue weighted by Gasteiger charge is 2.28. The summed E-state index contributed by atoms with van der Waals surface area (Å²) in [5.41, 5.74) is 0.372. The SMILES string of the molecule is N#CC1CCCCN1C(=O)c1cnccc1Cl. The molecule has 0 aromatic carbocycles. The number of carbonyl (C=O) groups is 1. The molecule has 0 aliphatic carbocycles. The van der Waals surface area contributed by atoms with Crippen LogP contribution in [0.3, 0.4) is 0 Å². The number of nitriles is 1. The van der Waals surface area contributed by atoms with Gasteiger partial charge in [0, 0.05) is 18.9 Å². The Balaban J connectivity index is 2.25. The molecule has 0 saturated carbocycles. The normalized spacial score (nSPS) is 19.8. The number of rotatable bonds is 1. The van der Waals surface area contributed by atoms with E-state index in [0.717, 1.165) is 19.3 Å². The van der Waals surface area contributed by atoms with Gasteiger partial charge in [0.25, 0.3) is 5.91 Å². The van der Waals surface area contributed by atoms with Gasteiger partial charge in [0.05, 0.1) is 16.7 Å². The highest BCUT2D eigenvalue weighted by molar-refractivity contribution is 6.33. The zero-order chi connectivity index (χ0) is 12.3. The smallest absolute Gasteiger partial charge is 0.258 e. The fourth-order valence-corrected chi connectivity index (χ4v) is 2.18. The largest absolute Gasteiger partial charge is 0.323 e. The Bertz CT molecular complexity index is 469. The van der Waals surface area contributed by atoms with Gasteiger partial charge in [-0.05, 0) is 25.3 Å². The second-order valence-electron chi connectivity index (χ2n) is 3.99. The first kappa shape index (κ1) is 11.9. The number of hydrogen-bond donors (Lipinski definition) is 0. The molecule has 1 aliphatic heterocycles. The Morgan fingerprint density at radius 3 is 3.12 bits per heavy atom. The van der Waals surface area contributed by atoms with E-state index in [1.807, 2.05) is 0 Å². The van der Waals surface area contributed by atoms with E-state index in [9.17, 15) is 4.79 Å². The van der Waals surface area contributed by atoms with Crippen LogP contribution in [0.4, 0.5) is 0 Å². The number of halogens is 1. The molecule has 1 saturated heterocycles. The first-order valence-electron chi connectivity index (χ1n) is 5.54. The minimum atomic E-state index is -0.340. The lowest BCUT2D eigenvalue weighted by molar-refractivity contribution is 0.0670. The van der Waals surface area contributed by atoms with Crippen molar-refractivity contribution in [3.63, 3.8) is 0 Å². The molecule has 2 heterocycles. The van der Waals surface area contributed by atoms with Crippen LogP contribution in [-0.2, 0) is 0 Å². The van der Waals surface area contributed by atoms with E-state index in [1.165, 1.54) is 12.4 Å². The molecule has 1 aromatic heterocycles. The molecule has 5 heteroatoms. The van der Waals surface area contributed by atoms with Gasteiger partial charge >= 0.3 is 0 Å². The van der Waals surface area contributed by atoms with E-state index in [2.05, 4.69) is 11.1 Å². The average Bonchev–Trinajstić information content (AvgIpc) is 2.38. The summed E-state index contributed by atoms with van der Waals surface area (Å²) in [4.78, 5) is 17.7. The maximum Gasteiger partial charge on any atom is 0.258 e. The molecule has 17 heavy (non-hydrogen) atoms. The zero-order valence-electron chi connectivity index (χ0n) is 9.27. The fourth-order valence-electron chi connectivity index (χ4n) is 2.00. The number of nitrogens with zero attached hydrogens (tertiary/aromatic N) is 3. The molecule has 1 fully saturated rings. The van der Waals surface area contributed by atoms with Crippen molar-refractivity contribution in [2.45, 2.75) is 25.3 Å². The monoisotopic (exact) mass is 249 g/mol. The Hall–Kier alpha value is -1.60. The summed E-state index contributed by atoms with van der Waals surface area (Å²) in [7, 11) is 0. The zero-order valence-corrected chi connectivity index (χ0v) is 10.0. The third-order valence-corrected chi connectivity index (χ3v) is 3.24. The maximum atomic E-state index is 12.2. The van der Waals surface area contributed by atoms with Gasteiger partial charge in [0.1, 0.15) is 6.04 Å². The van der Waals surface area contributed by atoms with E-state index < -0.39 is 0 Å². The van der Waals surface area contributed by atoms with Crippen molar-refractivity contribution in [3.05, 3.63) is 29.0 Å². The van der Waals surface area contributed by atoms with Gasteiger partial charge in [0.2, 0.25) is 0 Å².